The van der Waals surface area contributed by atoms with Crippen LogP contribution in [0.4, 0.5) is 0 Å². The van der Waals surface area contributed by atoms with E-state index < -0.39 is 10.0 Å². The molecule has 8 heteroatoms. The number of sulfonamides is 1. The standard InChI is InChI=1S/C13H15BrClN3O2S/c1-17-13(12(15)9-16-17)21(19,20)18(8-7-14)10-11-5-3-2-4-6-11/h2-6,9H,7-8,10H2,1H3. The van der Waals surface area contributed by atoms with E-state index in [0.29, 0.717) is 11.9 Å². The predicted octanol–water partition coefficient (Wildman–Crippen LogP) is 2.66. The maximum Gasteiger partial charge on any atom is 0.262 e. The highest BCUT2D eigenvalue weighted by Gasteiger charge is 2.29. The Kier molecular flexibility index (Phi) is 5.43. The molecule has 21 heavy (non-hydrogen) atoms. The van der Waals surface area contributed by atoms with E-state index in [4.69, 9.17) is 11.6 Å². The van der Waals surface area contributed by atoms with Crippen molar-refractivity contribution >= 4 is 37.6 Å². The number of rotatable bonds is 6. The van der Waals surface area contributed by atoms with E-state index in [9.17, 15) is 8.42 Å². The summed E-state index contributed by atoms with van der Waals surface area (Å²) in [6.07, 6.45) is 1.34. The summed E-state index contributed by atoms with van der Waals surface area (Å²) < 4.78 is 28.2. The Morgan fingerprint density at radius 3 is 2.52 bits per heavy atom. The lowest BCUT2D eigenvalue weighted by atomic mass is 10.2. The Morgan fingerprint density at radius 2 is 2.00 bits per heavy atom. The average Bonchev–Trinajstić information content (AvgIpc) is 2.79. The molecule has 0 N–H and O–H groups in total. The molecule has 0 aliphatic rings. The lowest BCUT2D eigenvalue weighted by Gasteiger charge is -2.21. The van der Waals surface area contributed by atoms with Gasteiger partial charge >= 0.3 is 0 Å². The molecule has 0 radical (unpaired) electrons. The summed E-state index contributed by atoms with van der Waals surface area (Å²) >= 11 is 9.27. The Bertz CT molecular complexity index is 684. The van der Waals surface area contributed by atoms with Crippen LogP contribution in [0, 0.1) is 0 Å². The molecule has 0 saturated carbocycles. The van der Waals surface area contributed by atoms with Crippen LogP contribution in [-0.4, -0.2) is 34.4 Å². The molecule has 0 aliphatic heterocycles. The monoisotopic (exact) mass is 391 g/mol. The summed E-state index contributed by atoms with van der Waals surface area (Å²) in [7, 11) is -2.14. The summed E-state index contributed by atoms with van der Waals surface area (Å²) in [6, 6.07) is 9.44. The van der Waals surface area contributed by atoms with E-state index in [-0.39, 0.29) is 16.6 Å². The normalized spacial score (nSPS) is 12.0. The van der Waals surface area contributed by atoms with Crippen LogP contribution in [0.2, 0.25) is 5.02 Å². The molecule has 114 valence electrons. The van der Waals surface area contributed by atoms with Crippen LogP contribution in [0.5, 0.6) is 0 Å². The fourth-order valence-corrected chi connectivity index (χ4v) is 4.67. The highest BCUT2D eigenvalue weighted by molar-refractivity contribution is 9.09. The average molecular weight is 393 g/mol. The summed E-state index contributed by atoms with van der Waals surface area (Å²) in [5, 5.41) is 4.58. The molecule has 0 aliphatic carbocycles. The van der Waals surface area contributed by atoms with Crippen molar-refractivity contribution in [3.8, 4) is 0 Å². The molecule has 0 atom stereocenters. The number of nitrogens with zero attached hydrogens (tertiary/aromatic N) is 3. The van der Waals surface area contributed by atoms with Crippen molar-refractivity contribution < 1.29 is 8.42 Å². The molecule has 1 heterocycles. The molecule has 0 unspecified atom stereocenters. The number of aromatic nitrogens is 2. The zero-order chi connectivity index (χ0) is 15.5. The van der Waals surface area contributed by atoms with E-state index >= 15 is 0 Å². The zero-order valence-electron chi connectivity index (χ0n) is 11.4. The SMILES string of the molecule is Cn1ncc(Cl)c1S(=O)(=O)N(CCBr)Cc1ccccc1. The smallest absolute Gasteiger partial charge is 0.255 e. The van der Waals surface area contributed by atoms with E-state index in [2.05, 4.69) is 21.0 Å². The van der Waals surface area contributed by atoms with Gasteiger partial charge in [-0.15, -0.1) is 0 Å². The van der Waals surface area contributed by atoms with Gasteiger partial charge in [-0.1, -0.05) is 57.9 Å². The molecule has 1 aromatic carbocycles. The number of hydrogen-bond acceptors (Lipinski definition) is 3. The van der Waals surface area contributed by atoms with Gasteiger partial charge in [0.1, 0.15) is 0 Å². The van der Waals surface area contributed by atoms with Crippen LogP contribution < -0.4 is 0 Å². The molecule has 0 amide bonds. The lowest BCUT2D eigenvalue weighted by Crippen LogP contribution is -2.33. The van der Waals surface area contributed by atoms with Crippen molar-refractivity contribution in [3.05, 3.63) is 47.1 Å². The third kappa shape index (κ3) is 3.66. The van der Waals surface area contributed by atoms with Gasteiger partial charge in [0.15, 0.2) is 5.03 Å². The highest BCUT2D eigenvalue weighted by atomic mass is 79.9. The van der Waals surface area contributed by atoms with E-state index in [0.717, 1.165) is 5.56 Å². The fraction of sp³-hybridized carbons (Fsp3) is 0.308. The minimum atomic E-state index is -3.71. The van der Waals surface area contributed by atoms with Gasteiger partial charge in [0, 0.05) is 25.5 Å². The Labute approximate surface area is 137 Å². The first kappa shape index (κ1) is 16.5. The van der Waals surface area contributed by atoms with E-state index in [1.807, 2.05) is 30.3 Å². The minimum Gasteiger partial charge on any atom is -0.255 e. The molecule has 0 bridgehead atoms. The first-order valence-corrected chi connectivity index (χ1v) is 9.18. The molecule has 2 aromatic rings. The Hall–Kier alpha value is -0.890. The first-order valence-electron chi connectivity index (χ1n) is 6.24. The predicted molar refractivity (Wildman–Crippen MR) is 86.0 cm³/mol. The van der Waals surface area contributed by atoms with Crippen LogP contribution >= 0.6 is 27.5 Å². The van der Waals surface area contributed by atoms with Crippen molar-refractivity contribution in [1.82, 2.24) is 14.1 Å². The Morgan fingerprint density at radius 1 is 1.33 bits per heavy atom. The van der Waals surface area contributed by atoms with Crippen LogP contribution in [-0.2, 0) is 23.6 Å². The molecule has 0 fully saturated rings. The van der Waals surface area contributed by atoms with Crippen LogP contribution in [0.15, 0.2) is 41.6 Å². The van der Waals surface area contributed by atoms with Gasteiger partial charge in [-0.25, -0.2) is 8.42 Å². The third-order valence-electron chi connectivity index (χ3n) is 2.96. The van der Waals surface area contributed by atoms with Gasteiger partial charge in [0.25, 0.3) is 10.0 Å². The van der Waals surface area contributed by atoms with Crippen molar-refractivity contribution in [2.24, 2.45) is 7.05 Å². The molecule has 5 nitrogen and oxygen atoms in total. The van der Waals surface area contributed by atoms with E-state index in [1.165, 1.54) is 15.2 Å². The molecule has 1 aromatic heterocycles. The maximum absolute atomic E-state index is 12.8. The van der Waals surface area contributed by atoms with E-state index in [1.54, 1.807) is 7.05 Å². The largest absolute Gasteiger partial charge is 0.262 e. The summed E-state index contributed by atoms with van der Waals surface area (Å²) in [4.78, 5) is 0. The quantitative estimate of drug-likeness (QED) is 0.710. The van der Waals surface area contributed by atoms with Gasteiger partial charge in [-0.3, -0.25) is 4.68 Å². The number of halogens is 2. The van der Waals surface area contributed by atoms with Gasteiger partial charge < -0.3 is 0 Å². The second-order valence-electron chi connectivity index (χ2n) is 4.43. The fourth-order valence-electron chi connectivity index (χ4n) is 1.98. The zero-order valence-corrected chi connectivity index (χ0v) is 14.6. The third-order valence-corrected chi connectivity index (χ3v) is 5.67. The van der Waals surface area contributed by atoms with Crippen molar-refractivity contribution in [2.75, 3.05) is 11.9 Å². The molecular formula is C13H15BrClN3O2S. The highest BCUT2D eigenvalue weighted by Crippen LogP contribution is 2.25. The molecule has 0 spiro atoms. The number of benzene rings is 1. The van der Waals surface area contributed by atoms with Gasteiger partial charge in [-0.2, -0.15) is 9.40 Å². The summed E-state index contributed by atoms with van der Waals surface area (Å²) in [6.45, 7) is 0.634. The van der Waals surface area contributed by atoms with Crippen LogP contribution in [0.25, 0.3) is 0 Å². The molecule has 2 rings (SSSR count). The first-order chi connectivity index (χ1) is 9.96. The number of hydrogen-bond donors (Lipinski definition) is 0. The van der Waals surface area contributed by atoms with Crippen LogP contribution in [0.3, 0.4) is 0 Å². The lowest BCUT2D eigenvalue weighted by molar-refractivity contribution is 0.420. The summed E-state index contributed by atoms with van der Waals surface area (Å²) in [5.74, 6) is 0. The molecular weight excluding hydrogens is 378 g/mol. The minimum absolute atomic E-state index is 0.0149. The van der Waals surface area contributed by atoms with Crippen molar-refractivity contribution in [3.63, 3.8) is 0 Å². The van der Waals surface area contributed by atoms with Gasteiger partial charge in [0.05, 0.1) is 11.2 Å². The molecule has 0 saturated heterocycles. The number of alkyl halides is 1. The maximum atomic E-state index is 12.8. The van der Waals surface area contributed by atoms with Crippen molar-refractivity contribution in [1.29, 1.82) is 0 Å². The van der Waals surface area contributed by atoms with Gasteiger partial charge in [-0.05, 0) is 5.56 Å². The number of aryl methyl sites for hydroxylation is 1. The summed E-state index contributed by atoms with van der Waals surface area (Å²) in [5.41, 5.74) is 0.917. The second kappa shape index (κ2) is 6.91. The van der Waals surface area contributed by atoms with Crippen molar-refractivity contribution in [2.45, 2.75) is 11.6 Å². The van der Waals surface area contributed by atoms with Gasteiger partial charge in [0.2, 0.25) is 0 Å². The van der Waals surface area contributed by atoms with Crippen LogP contribution in [0.1, 0.15) is 5.56 Å². The second-order valence-corrected chi connectivity index (χ2v) is 7.49. The Balaban J connectivity index is 2.37. The topological polar surface area (TPSA) is 55.2 Å².